The van der Waals surface area contributed by atoms with E-state index in [9.17, 15) is 9.46 Å². The molecule has 136 valence electrons. The maximum absolute atomic E-state index is 12.4. The maximum atomic E-state index is 12.4. The Hall–Kier alpha value is -0.770. The number of phosphoric acid groups is 1. The molecule has 0 spiro atoms. The van der Waals surface area contributed by atoms with Gasteiger partial charge in [-0.2, -0.15) is 0 Å². The van der Waals surface area contributed by atoms with Gasteiger partial charge in [-0.15, -0.1) is 0 Å². The van der Waals surface area contributed by atoms with Gasteiger partial charge in [-0.25, -0.2) is 4.57 Å². The Morgan fingerprint density at radius 2 is 1.15 bits per heavy atom. The van der Waals surface area contributed by atoms with E-state index in [0.717, 1.165) is 22.3 Å². The molecule has 0 bridgehead atoms. The van der Waals surface area contributed by atoms with E-state index in [1.807, 2.05) is 65.8 Å². The van der Waals surface area contributed by atoms with Crippen molar-refractivity contribution in [3.05, 3.63) is 58.7 Å². The van der Waals surface area contributed by atoms with Crippen LogP contribution >= 0.6 is 7.82 Å². The van der Waals surface area contributed by atoms with Gasteiger partial charge in [0.05, 0.1) is 0 Å². The van der Waals surface area contributed by atoms with Gasteiger partial charge >= 0.3 is 37.4 Å². The van der Waals surface area contributed by atoms with Crippen LogP contribution in [0, 0.1) is 13.8 Å². The number of aryl methyl sites for hydroxylation is 2. The van der Waals surface area contributed by atoms with Gasteiger partial charge in [0.1, 0.15) is 11.5 Å². The fourth-order valence-electron chi connectivity index (χ4n) is 2.41. The molecule has 0 saturated heterocycles. The Kier molecular flexibility index (Phi) is 8.44. The summed E-state index contributed by atoms with van der Waals surface area (Å²) in [6.45, 7) is 11.8. The van der Waals surface area contributed by atoms with Gasteiger partial charge in [0.25, 0.3) is 0 Å². The van der Waals surface area contributed by atoms with Crippen LogP contribution in [-0.4, -0.2) is 0 Å². The summed E-state index contributed by atoms with van der Waals surface area (Å²) < 4.78 is 22.9. The second-order valence-corrected chi connectivity index (χ2v) is 8.25. The third kappa shape index (κ3) is 6.14. The van der Waals surface area contributed by atoms with Crippen LogP contribution in [0.25, 0.3) is 0 Å². The van der Waals surface area contributed by atoms with Crippen molar-refractivity contribution in [2.75, 3.05) is 0 Å². The van der Waals surface area contributed by atoms with Gasteiger partial charge in [0.2, 0.25) is 0 Å². The van der Waals surface area contributed by atoms with Gasteiger partial charge in [-0.05, 0) is 60.1 Å². The molecule has 0 amide bonds. The molecule has 0 aliphatic carbocycles. The molecule has 0 fully saturated rings. The van der Waals surface area contributed by atoms with E-state index in [-0.39, 0.29) is 41.4 Å². The normalized spacial score (nSPS) is 11.4. The van der Waals surface area contributed by atoms with Gasteiger partial charge in [-0.3, -0.25) is 0 Å². The number of rotatable bonds is 6. The van der Waals surface area contributed by atoms with E-state index in [2.05, 4.69) is 0 Å². The quantitative estimate of drug-likeness (QED) is 0.567. The number of hydrogen-bond donors (Lipinski definition) is 0. The molecule has 0 radical (unpaired) electrons. The third-order valence-corrected chi connectivity index (χ3v) is 5.02. The van der Waals surface area contributed by atoms with Crippen LogP contribution in [-0.2, 0) is 4.57 Å². The Labute approximate surface area is 178 Å². The number of hydrogen-bond acceptors (Lipinski definition) is 4. The summed E-state index contributed by atoms with van der Waals surface area (Å²) >= 11 is 0. The molecule has 0 aromatic heterocycles. The first-order chi connectivity index (χ1) is 11.6. The van der Waals surface area contributed by atoms with E-state index < -0.39 is 7.82 Å². The zero-order chi connectivity index (χ0) is 18.8. The third-order valence-electron chi connectivity index (χ3n) is 4.18. The molecule has 0 aliphatic heterocycles. The van der Waals surface area contributed by atoms with Gasteiger partial charge in [-0.1, -0.05) is 52.0 Å². The standard InChI is InChI=1S/C20H27O4P.Na/c1-13(2)17-9-7-15(5)19(11-17)23-25(21,22)24-20-12-18(14(3)4)10-8-16(20)6;/h7-14H,1-6H3,(H,21,22);/q;+1/p-1. The van der Waals surface area contributed by atoms with Crippen LogP contribution in [0.3, 0.4) is 0 Å². The topological polar surface area (TPSA) is 58.6 Å². The molecular weight excluding hydrogens is 358 g/mol. The van der Waals surface area contributed by atoms with Gasteiger partial charge in [0, 0.05) is 0 Å². The molecule has 2 rings (SSSR count). The zero-order valence-electron chi connectivity index (χ0n) is 16.7. The van der Waals surface area contributed by atoms with Crippen molar-refractivity contribution in [2.45, 2.75) is 53.4 Å². The monoisotopic (exact) mass is 384 g/mol. The van der Waals surface area contributed by atoms with Gasteiger partial charge < -0.3 is 13.9 Å². The predicted octanol–water partition coefficient (Wildman–Crippen LogP) is 2.48. The molecular formula is C20H26NaO4P. The van der Waals surface area contributed by atoms with Crippen molar-refractivity contribution >= 4 is 7.82 Å². The summed E-state index contributed by atoms with van der Waals surface area (Å²) in [5.74, 6) is 1.17. The van der Waals surface area contributed by atoms with Crippen LogP contribution in [0.2, 0.25) is 0 Å². The predicted molar refractivity (Wildman–Crippen MR) is 99.4 cm³/mol. The zero-order valence-corrected chi connectivity index (χ0v) is 19.6. The first kappa shape index (κ1) is 23.3. The summed E-state index contributed by atoms with van der Waals surface area (Å²) in [6.07, 6.45) is 0. The Bertz CT molecular complexity index is 739. The summed E-state index contributed by atoms with van der Waals surface area (Å²) in [7, 11) is -4.54. The fourth-order valence-corrected chi connectivity index (χ4v) is 3.32. The van der Waals surface area contributed by atoms with Crippen LogP contribution < -0.4 is 43.5 Å². The smallest absolute Gasteiger partial charge is 0.736 e. The van der Waals surface area contributed by atoms with Crippen molar-refractivity contribution in [3.8, 4) is 11.5 Å². The molecule has 26 heavy (non-hydrogen) atoms. The molecule has 0 aliphatic rings. The molecule has 0 unspecified atom stereocenters. The minimum atomic E-state index is -4.54. The van der Waals surface area contributed by atoms with Crippen molar-refractivity contribution in [1.29, 1.82) is 0 Å². The summed E-state index contributed by atoms with van der Waals surface area (Å²) in [4.78, 5) is 12.4. The van der Waals surface area contributed by atoms with E-state index in [4.69, 9.17) is 9.05 Å². The summed E-state index contributed by atoms with van der Waals surface area (Å²) in [6, 6.07) is 11.2. The van der Waals surface area contributed by atoms with E-state index in [1.54, 1.807) is 12.1 Å². The van der Waals surface area contributed by atoms with E-state index in [0.29, 0.717) is 11.5 Å². The van der Waals surface area contributed by atoms with Crippen molar-refractivity contribution < 1.29 is 48.1 Å². The SMILES string of the molecule is Cc1ccc(C(C)C)cc1OP(=O)([O-])Oc1cc(C(C)C)ccc1C.[Na+]. The average Bonchev–Trinajstić information content (AvgIpc) is 2.50. The molecule has 0 atom stereocenters. The van der Waals surface area contributed by atoms with Crippen molar-refractivity contribution in [1.82, 2.24) is 0 Å². The minimum Gasteiger partial charge on any atom is -0.736 e. The van der Waals surface area contributed by atoms with Crippen LogP contribution in [0.4, 0.5) is 0 Å². The van der Waals surface area contributed by atoms with Gasteiger partial charge in [0.15, 0.2) is 0 Å². The fraction of sp³-hybridized carbons (Fsp3) is 0.400. The molecule has 2 aromatic carbocycles. The molecule has 6 heteroatoms. The van der Waals surface area contributed by atoms with E-state index >= 15 is 0 Å². The second-order valence-electron chi connectivity index (χ2n) is 6.99. The Morgan fingerprint density at radius 3 is 1.46 bits per heavy atom. The minimum absolute atomic E-state index is 0. The van der Waals surface area contributed by atoms with Crippen molar-refractivity contribution in [3.63, 3.8) is 0 Å². The molecule has 0 saturated carbocycles. The molecule has 2 aromatic rings. The number of phosphoric ester groups is 1. The summed E-state index contributed by atoms with van der Waals surface area (Å²) in [5, 5.41) is 0. The first-order valence-electron chi connectivity index (χ1n) is 8.50. The van der Waals surface area contributed by atoms with Crippen molar-refractivity contribution in [2.24, 2.45) is 0 Å². The van der Waals surface area contributed by atoms with Crippen LogP contribution in [0.15, 0.2) is 36.4 Å². The second kappa shape index (κ2) is 9.43. The maximum Gasteiger partial charge on any atom is 1.00 e. The average molecular weight is 384 g/mol. The largest absolute Gasteiger partial charge is 1.00 e. The molecule has 0 heterocycles. The van der Waals surface area contributed by atoms with E-state index in [1.165, 1.54) is 0 Å². The summed E-state index contributed by atoms with van der Waals surface area (Å²) in [5.41, 5.74) is 3.52. The first-order valence-corrected chi connectivity index (χ1v) is 9.96. The Morgan fingerprint density at radius 1 is 0.808 bits per heavy atom. The molecule has 4 nitrogen and oxygen atoms in total. The van der Waals surface area contributed by atoms with Crippen LogP contribution in [0.1, 0.15) is 61.8 Å². The van der Waals surface area contributed by atoms with Crippen LogP contribution in [0.5, 0.6) is 11.5 Å². The number of benzene rings is 2. The Balaban J connectivity index is 0.00000338. The molecule has 0 N–H and O–H groups in total.